The Bertz CT molecular complexity index is 2450. The van der Waals surface area contributed by atoms with E-state index in [0.29, 0.717) is 49.1 Å². The van der Waals surface area contributed by atoms with E-state index in [0.717, 1.165) is 30.4 Å². The highest BCUT2D eigenvalue weighted by Gasteiger charge is 2.35. The molecule has 7 rings (SSSR count). The number of carbonyl (C=O) groups is 4. The second-order valence-electron chi connectivity index (χ2n) is 15.7. The molecule has 2 aliphatic heterocycles. The third-order valence-electron chi connectivity index (χ3n) is 11.2. The van der Waals surface area contributed by atoms with Gasteiger partial charge in [0.25, 0.3) is 11.8 Å². The van der Waals surface area contributed by atoms with Crippen molar-refractivity contribution in [1.82, 2.24) is 34.1 Å². The molecular formula is C42H46ClF2N10O5+. The van der Waals surface area contributed by atoms with Crippen LogP contribution >= 0.6 is 11.6 Å². The van der Waals surface area contributed by atoms with E-state index in [1.807, 2.05) is 4.90 Å². The van der Waals surface area contributed by atoms with Gasteiger partial charge in [0.1, 0.15) is 18.1 Å². The summed E-state index contributed by atoms with van der Waals surface area (Å²) in [4.78, 5) is 64.4. The molecule has 0 bridgehead atoms. The lowest BCUT2D eigenvalue weighted by atomic mass is 9.94. The number of nitrogens with zero attached hydrogens (tertiary/aromatic N) is 8. The number of hydrogen-bond acceptors (Lipinski definition) is 8. The van der Waals surface area contributed by atoms with E-state index in [1.165, 1.54) is 66.3 Å². The summed E-state index contributed by atoms with van der Waals surface area (Å²) in [5.41, 5.74) is 1.17. The van der Waals surface area contributed by atoms with Crippen molar-refractivity contribution in [2.75, 3.05) is 71.1 Å². The van der Waals surface area contributed by atoms with Gasteiger partial charge in [-0.3, -0.25) is 23.9 Å². The number of piperidine rings is 1. The number of hydrogen-bond donors (Lipinski definition) is 2. The number of benzene rings is 2. The van der Waals surface area contributed by atoms with Crippen LogP contribution in [0.5, 0.6) is 5.75 Å². The van der Waals surface area contributed by atoms with Crippen LogP contribution in [0.3, 0.4) is 0 Å². The molecule has 5 aromatic rings. The molecule has 2 saturated heterocycles. The lowest BCUT2D eigenvalue weighted by Crippen LogP contribution is -2.54. The molecule has 314 valence electrons. The van der Waals surface area contributed by atoms with Crippen LogP contribution in [-0.2, 0) is 23.2 Å². The number of likely N-dealkylation sites (tertiary alicyclic amines) is 1. The average Bonchev–Trinajstić information content (AvgIpc) is 3.79. The standard InChI is InChI=1S/C42H45ClF2N10O5/c1-25-32(23-54(50-25)24-36(56)49-35-11-7-28(60-5)21-46-35)29-9-10-31(38(45)37(29)44)34-22-47-39(51(34)2)40(57)48-27-6-8-30(33(43)20-27)42(59)53-16-14-52(15-17-53)41(58)26-12-18-55(3,4)19-13-26/h6-11,20-23,26H,12-19,24H2,1-5H3,(H-,46,48,49,56,57,59)/p+1. The summed E-state index contributed by atoms with van der Waals surface area (Å²) >= 11 is 6.56. The summed E-state index contributed by atoms with van der Waals surface area (Å²) in [6, 6.07) is 10.6. The van der Waals surface area contributed by atoms with Crippen LogP contribution < -0.4 is 15.4 Å². The number of aromatic nitrogens is 5. The molecule has 0 spiro atoms. The Morgan fingerprint density at radius 3 is 2.23 bits per heavy atom. The number of nitrogens with one attached hydrogen (secondary N) is 2. The number of rotatable bonds is 10. The van der Waals surface area contributed by atoms with Crippen molar-refractivity contribution >= 4 is 46.7 Å². The van der Waals surface area contributed by atoms with Gasteiger partial charge in [-0.15, -0.1) is 0 Å². The maximum atomic E-state index is 15.8. The number of amides is 4. The highest BCUT2D eigenvalue weighted by Crippen LogP contribution is 2.33. The maximum absolute atomic E-state index is 15.8. The van der Waals surface area contributed by atoms with Gasteiger partial charge in [0.15, 0.2) is 17.5 Å². The Hall–Kier alpha value is -6.20. The minimum Gasteiger partial charge on any atom is -0.495 e. The van der Waals surface area contributed by atoms with Crippen molar-refractivity contribution in [3.63, 3.8) is 0 Å². The Morgan fingerprint density at radius 1 is 0.883 bits per heavy atom. The highest BCUT2D eigenvalue weighted by atomic mass is 35.5. The van der Waals surface area contributed by atoms with Crippen molar-refractivity contribution < 1.29 is 37.2 Å². The predicted octanol–water partition coefficient (Wildman–Crippen LogP) is 5.26. The van der Waals surface area contributed by atoms with E-state index in [4.69, 9.17) is 16.3 Å². The van der Waals surface area contributed by atoms with Gasteiger partial charge in [-0.05, 0) is 43.3 Å². The topological polar surface area (TPSA) is 157 Å². The van der Waals surface area contributed by atoms with Crippen LogP contribution in [-0.4, -0.2) is 123 Å². The largest absolute Gasteiger partial charge is 0.495 e. The Balaban J connectivity index is 0.968. The molecule has 60 heavy (non-hydrogen) atoms. The first-order chi connectivity index (χ1) is 28.6. The molecule has 2 fully saturated rings. The Kier molecular flexibility index (Phi) is 12.0. The van der Waals surface area contributed by atoms with Gasteiger partial charge in [0.05, 0.1) is 68.7 Å². The smallest absolute Gasteiger partial charge is 0.291 e. The lowest BCUT2D eigenvalue weighted by molar-refractivity contribution is -0.895. The molecule has 0 radical (unpaired) electrons. The fourth-order valence-corrected chi connectivity index (χ4v) is 7.88. The zero-order valence-corrected chi connectivity index (χ0v) is 34.7. The van der Waals surface area contributed by atoms with Crippen LogP contribution in [0.2, 0.25) is 5.02 Å². The van der Waals surface area contributed by atoms with E-state index in [9.17, 15) is 19.2 Å². The second kappa shape index (κ2) is 17.2. The summed E-state index contributed by atoms with van der Waals surface area (Å²) in [6.07, 6.45) is 5.91. The average molecular weight is 844 g/mol. The first kappa shape index (κ1) is 41.9. The number of pyridine rings is 1. The summed E-state index contributed by atoms with van der Waals surface area (Å²) in [5, 5.41) is 9.80. The number of halogens is 3. The van der Waals surface area contributed by atoms with E-state index >= 15 is 8.78 Å². The number of methoxy groups -OCH3 is 1. The van der Waals surface area contributed by atoms with Gasteiger partial charge in [0, 0.05) is 80.6 Å². The van der Waals surface area contributed by atoms with Gasteiger partial charge < -0.3 is 34.2 Å². The minimum atomic E-state index is -1.16. The number of carbonyl (C=O) groups excluding carboxylic acids is 4. The lowest BCUT2D eigenvalue weighted by Gasteiger charge is -2.40. The monoisotopic (exact) mass is 843 g/mol. The molecule has 0 unspecified atom stereocenters. The zero-order valence-electron chi connectivity index (χ0n) is 34.0. The van der Waals surface area contributed by atoms with Crippen LogP contribution in [0, 0.1) is 24.5 Å². The number of ether oxygens (including phenoxy) is 1. The number of imidazole rings is 1. The molecular weight excluding hydrogens is 798 g/mol. The fraction of sp³-hybridized carbons (Fsp3) is 0.357. The Morgan fingerprint density at radius 2 is 1.57 bits per heavy atom. The maximum Gasteiger partial charge on any atom is 0.291 e. The predicted molar refractivity (Wildman–Crippen MR) is 220 cm³/mol. The number of anilines is 2. The second-order valence-corrected chi connectivity index (χ2v) is 16.1. The number of piperazine rings is 1. The SMILES string of the molecule is COc1ccc(NC(=O)Cn2cc(-c3ccc(-c4cnc(C(=O)Nc5ccc(C(=O)N6CCN(C(=O)C7CC[N+](C)(C)CC7)CC6)c(Cl)c5)n4C)c(F)c3F)c(C)n2)nc1. The summed E-state index contributed by atoms with van der Waals surface area (Å²) < 4.78 is 40.2. The van der Waals surface area contributed by atoms with Gasteiger partial charge in [-0.25, -0.2) is 18.7 Å². The fourth-order valence-electron chi connectivity index (χ4n) is 7.62. The van der Waals surface area contributed by atoms with Crippen molar-refractivity contribution in [3.8, 4) is 28.1 Å². The van der Waals surface area contributed by atoms with E-state index in [2.05, 4.69) is 39.8 Å². The van der Waals surface area contributed by atoms with Crippen LogP contribution in [0.4, 0.5) is 20.3 Å². The molecule has 15 nitrogen and oxygen atoms in total. The molecule has 3 aromatic heterocycles. The zero-order chi connectivity index (χ0) is 42.9. The van der Waals surface area contributed by atoms with Crippen molar-refractivity contribution in [2.24, 2.45) is 13.0 Å². The van der Waals surface area contributed by atoms with Crippen LogP contribution in [0.15, 0.2) is 61.1 Å². The van der Waals surface area contributed by atoms with Gasteiger partial charge in [-0.1, -0.05) is 17.7 Å². The van der Waals surface area contributed by atoms with E-state index in [-0.39, 0.29) is 63.1 Å². The number of quaternary nitrogens is 1. The Labute approximate surface area is 350 Å². The van der Waals surface area contributed by atoms with Crippen molar-refractivity contribution in [3.05, 3.63) is 94.8 Å². The molecule has 2 N–H and O–H groups in total. The third kappa shape index (κ3) is 8.86. The minimum absolute atomic E-state index is 0.0245. The van der Waals surface area contributed by atoms with Gasteiger partial charge in [-0.2, -0.15) is 5.10 Å². The molecule has 0 atom stereocenters. The molecule has 5 heterocycles. The van der Waals surface area contributed by atoms with Gasteiger partial charge in [0.2, 0.25) is 11.8 Å². The molecule has 0 saturated carbocycles. The normalized spacial score (nSPS) is 15.5. The molecule has 2 aromatic carbocycles. The summed E-state index contributed by atoms with van der Waals surface area (Å²) in [7, 11) is 7.36. The molecule has 0 aliphatic carbocycles. The van der Waals surface area contributed by atoms with E-state index < -0.39 is 23.4 Å². The number of aryl methyl sites for hydroxylation is 1. The van der Waals surface area contributed by atoms with Crippen molar-refractivity contribution in [1.29, 1.82) is 0 Å². The summed E-state index contributed by atoms with van der Waals surface area (Å²) in [5.74, 6) is -2.71. The van der Waals surface area contributed by atoms with Crippen LogP contribution in [0.1, 0.15) is 39.5 Å². The highest BCUT2D eigenvalue weighted by molar-refractivity contribution is 6.34. The molecule has 2 aliphatic rings. The molecule has 18 heteroatoms. The summed E-state index contributed by atoms with van der Waals surface area (Å²) in [6.45, 7) is 5.03. The molecule has 4 amide bonds. The van der Waals surface area contributed by atoms with Gasteiger partial charge >= 0.3 is 0 Å². The quantitative estimate of drug-likeness (QED) is 0.181. The van der Waals surface area contributed by atoms with Crippen molar-refractivity contribution in [2.45, 2.75) is 26.3 Å². The first-order valence-corrected chi connectivity index (χ1v) is 19.9. The first-order valence-electron chi connectivity index (χ1n) is 19.5. The van der Waals surface area contributed by atoms with E-state index in [1.54, 1.807) is 30.0 Å². The van der Waals surface area contributed by atoms with Crippen LogP contribution in [0.25, 0.3) is 22.4 Å². The third-order valence-corrected chi connectivity index (χ3v) is 11.5.